The molecule has 0 spiro atoms. The van der Waals surface area contributed by atoms with E-state index in [1.54, 1.807) is 10.9 Å². The highest BCUT2D eigenvalue weighted by molar-refractivity contribution is 7.12. The summed E-state index contributed by atoms with van der Waals surface area (Å²) in [7, 11) is 0. The van der Waals surface area contributed by atoms with Gasteiger partial charge in [-0.25, -0.2) is 0 Å². The summed E-state index contributed by atoms with van der Waals surface area (Å²) in [6.07, 6.45) is 2.59. The Kier molecular flexibility index (Phi) is 6.37. The summed E-state index contributed by atoms with van der Waals surface area (Å²) in [5, 5.41) is 0. The molecule has 0 amide bonds. The van der Waals surface area contributed by atoms with Gasteiger partial charge in [0.05, 0.1) is 6.15 Å². The molecule has 3 aromatic rings. The van der Waals surface area contributed by atoms with Crippen molar-refractivity contribution in [2.45, 2.75) is 67.6 Å². The van der Waals surface area contributed by atoms with Gasteiger partial charge < -0.3 is 0 Å². The third-order valence-electron chi connectivity index (χ3n) is 6.82. The van der Waals surface area contributed by atoms with Crippen LogP contribution >= 0.6 is 0 Å². The van der Waals surface area contributed by atoms with Gasteiger partial charge in [-0.1, -0.05) is 108 Å². The van der Waals surface area contributed by atoms with Gasteiger partial charge in [-0.3, -0.25) is 0 Å². The highest BCUT2D eigenvalue weighted by Crippen LogP contribution is 2.24. The highest BCUT2D eigenvalue weighted by Gasteiger charge is 2.33. The molecular formula is C28H36B-. The zero-order valence-corrected chi connectivity index (χ0v) is 19.4. The molecule has 152 valence electrons. The highest BCUT2D eigenvalue weighted by atomic mass is 14.2. The molecule has 0 N–H and O–H groups in total. The molecule has 1 heteroatoms. The van der Waals surface area contributed by atoms with Crippen LogP contribution in [0.4, 0.5) is 0 Å². The van der Waals surface area contributed by atoms with Gasteiger partial charge in [0.25, 0.3) is 0 Å². The molecule has 0 aliphatic heterocycles. The molecule has 0 atom stereocenters. The zero-order chi connectivity index (χ0) is 21.2. The van der Waals surface area contributed by atoms with Gasteiger partial charge in [-0.15, -0.1) is 0 Å². The molecule has 0 aromatic heterocycles. The van der Waals surface area contributed by atoms with Crippen molar-refractivity contribution in [3.05, 3.63) is 88.0 Å². The first kappa shape index (κ1) is 21.4. The Morgan fingerprint density at radius 3 is 1.41 bits per heavy atom. The molecule has 0 aliphatic carbocycles. The number of unbranched alkanes of at least 4 members (excludes halogenated alkanes) is 1. The Morgan fingerprint density at radius 1 is 0.621 bits per heavy atom. The lowest BCUT2D eigenvalue weighted by Crippen LogP contribution is -2.69. The van der Waals surface area contributed by atoms with Crippen LogP contribution in [0.2, 0.25) is 6.32 Å². The van der Waals surface area contributed by atoms with Gasteiger partial charge in [-0.2, -0.15) is 22.7 Å². The number of rotatable bonds is 6. The van der Waals surface area contributed by atoms with Crippen molar-refractivity contribution in [2.75, 3.05) is 0 Å². The summed E-state index contributed by atoms with van der Waals surface area (Å²) < 4.78 is 0. The maximum atomic E-state index is 2.38. The fourth-order valence-electron chi connectivity index (χ4n) is 6.16. The van der Waals surface area contributed by atoms with Crippen molar-refractivity contribution < 1.29 is 0 Å². The van der Waals surface area contributed by atoms with Crippen molar-refractivity contribution >= 4 is 22.5 Å². The first-order chi connectivity index (χ1) is 13.8. The maximum absolute atomic E-state index is 2.38. The van der Waals surface area contributed by atoms with Crippen LogP contribution in [0.15, 0.2) is 54.6 Å². The zero-order valence-electron chi connectivity index (χ0n) is 19.4. The first-order valence-corrected chi connectivity index (χ1v) is 11.2. The minimum absolute atomic E-state index is 1.04. The molecule has 29 heavy (non-hydrogen) atoms. The molecule has 0 radical (unpaired) electrons. The van der Waals surface area contributed by atoms with Crippen LogP contribution in [0.1, 0.15) is 53.1 Å². The molecular weight excluding hydrogens is 347 g/mol. The van der Waals surface area contributed by atoms with E-state index >= 15 is 0 Å². The monoisotopic (exact) mass is 383 g/mol. The molecule has 0 saturated heterocycles. The van der Waals surface area contributed by atoms with E-state index < -0.39 is 6.15 Å². The second-order valence-corrected chi connectivity index (χ2v) is 9.22. The fraction of sp³-hybridized carbons (Fsp3) is 0.357. The van der Waals surface area contributed by atoms with Gasteiger partial charge in [0.2, 0.25) is 0 Å². The summed E-state index contributed by atoms with van der Waals surface area (Å²) >= 11 is 0. The molecule has 0 unspecified atom stereocenters. The van der Waals surface area contributed by atoms with E-state index in [1.165, 1.54) is 58.0 Å². The van der Waals surface area contributed by atoms with Crippen LogP contribution in [0.5, 0.6) is 0 Å². The molecule has 0 aliphatic rings. The minimum atomic E-state index is -1.04. The van der Waals surface area contributed by atoms with Crippen LogP contribution in [0.3, 0.4) is 0 Å². The molecule has 3 aromatic carbocycles. The van der Waals surface area contributed by atoms with Crippen molar-refractivity contribution in [1.82, 2.24) is 0 Å². The lowest BCUT2D eigenvalue weighted by molar-refractivity contribution is 0.873. The lowest BCUT2D eigenvalue weighted by Gasteiger charge is -2.47. The molecule has 0 fully saturated rings. The predicted octanol–water partition coefficient (Wildman–Crippen LogP) is 5.81. The van der Waals surface area contributed by atoms with Gasteiger partial charge >= 0.3 is 0 Å². The number of hydrogen-bond acceptors (Lipinski definition) is 0. The van der Waals surface area contributed by atoms with E-state index in [0.29, 0.717) is 0 Å². The van der Waals surface area contributed by atoms with E-state index in [4.69, 9.17) is 0 Å². The Hall–Kier alpha value is -2.28. The average Bonchev–Trinajstić information content (AvgIpc) is 2.64. The van der Waals surface area contributed by atoms with E-state index in [2.05, 4.69) is 103 Å². The van der Waals surface area contributed by atoms with Crippen molar-refractivity contribution in [3.63, 3.8) is 0 Å². The Morgan fingerprint density at radius 2 is 1.03 bits per heavy atom. The van der Waals surface area contributed by atoms with Crippen LogP contribution in [-0.4, -0.2) is 6.15 Å². The van der Waals surface area contributed by atoms with E-state index in [1.807, 2.05) is 0 Å². The minimum Gasteiger partial charge on any atom is -0.200 e. The number of aryl methyl sites for hydroxylation is 6. The molecule has 0 nitrogen and oxygen atoms in total. The Balaban J connectivity index is 2.50. The van der Waals surface area contributed by atoms with Crippen LogP contribution in [0.25, 0.3) is 0 Å². The average molecular weight is 383 g/mol. The van der Waals surface area contributed by atoms with E-state index in [0.717, 1.165) is 0 Å². The summed E-state index contributed by atoms with van der Waals surface area (Å²) in [5.74, 6) is 0. The van der Waals surface area contributed by atoms with Gasteiger partial charge in [0.15, 0.2) is 0 Å². The summed E-state index contributed by atoms with van der Waals surface area (Å²) in [5.41, 5.74) is 13.0. The normalized spacial score (nSPS) is 11.7. The predicted molar refractivity (Wildman–Crippen MR) is 132 cm³/mol. The lowest BCUT2D eigenvalue weighted by atomic mass is 9.12. The third kappa shape index (κ3) is 3.93. The topological polar surface area (TPSA) is 0 Å². The molecule has 0 saturated carbocycles. The molecule has 0 heterocycles. The Labute approximate surface area is 178 Å². The second-order valence-electron chi connectivity index (χ2n) is 9.22. The van der Waals surface area contributed by atoms with Crippen molar-refractivity contribution in [3.8, 4) is 0 Å². The molecule has 0 bridgehead atoms. The van der Waals surface area contributed by atoms with Crippen molar-refractivity contribution in [2.24, 2.45) is 0 Å². The SMILES string of the molecule is CCCC[B-](c1ccccc1)(c1c(C)cc(C)cc1C)c1c(C)cc(C)cc1C. The fourth-order valence-corrected chi connectivity index (χ4v) is 6.16. The summed E-state index contributed by atoms with van der Waals surface area (Å²) in [6, 6.07) is 20.8. The number of hydrogen-bond donors (Lipinski definition) is 0. The third-order valence-corrected chi connectivity index (χ3v) is 6.82. The van der Waals surface area contributed by atoms with Gasteiger partial charge in [0, 0.05) is 0 Å². The first-order valence-electron chi connectivity index (χ1n) is 11.2. The van der Waals surface area contributed by atoms with E-state index in [9.17, 15) is 0 Å². The van der Waals surface area contributed by atoms with Crippen molar-refractivity contribution in [1.29, 1.82) is 0 Å². The Bertz CT molecular complexity index is 895. The van der Waals surface area contributed by atoms with Crippen LogP contribution in [0, 0.1) is 41.5 Å². The molecule has 3 rings (SSSR count). The van der Waals surface area contributed by atoms with Crippen LogP contribution < -0.4 is 16.4 Å². The van der Waals surface area contributed by atoms with Crippen LogP contribution in [-0.2, 0) is 0 Å². The summed E-state index contributed by atoms with van der Waals surface area (Å²) in [6.45, 7) is 16.0. The van der Waals surface area contributed by atoms with Gasteiger partial charge in [0.1, 0.15) is 0 Å². The maximum Gasteiger partial charge on any atom is 0.0827 e. The quantitative estimate of drug-likeness (QED) is 0.472. The largest absolute Gasteiger partial charge is 0.200 e. The summed E-state index contributed by atoms with van der Waals surface area (Å²) in [4.78, 5) is 0. The standard InChI is InChI=1S/C28H36B/c1-8-9-15-29(26-13-11-10-12-14-26,27-22(4)16-20(2)17-23(27)5)28-24(6)18-21(3)19-25(28)7/h10-14,16-19H,8-9,15H2,1-7H3/q-1. The second kappa shape index (κ2) is 8.62. The smallest absolute Gasteiger partial charge is 0.0827 e. The number of benzene rings is 3. The van der Waals surface area contributed by atoms with E-state index in [-0.39, 0.29) is 0 Å². The van der Waals surface area contributed by atoms with Gasteiger partial charge in [-0.05, 0) is 41.5 Å².